The summed E-state index contributed by atoms with van der Waals surface area (Å²) in [7, 11) is 0. The molecule has 3 aromatic carbocycles. The Hall–Kier alpha value is -2.19. The van der Waals surface area contributed by atoms with Crippen LogP contribution in [-0.2, 0) is 0 Å². The van der Waals surface area contributed by atoms with Crippen molar-refractivity contribution in [2.24, 2.45) is 0 Å². The molecule has 0 atom stereocenters. The van der Waals surface area contributed by atoms with Crippen LogP contribution in [0.5, 0.6) is 0 Å². The van der Waals surface area contributed by atoms with E-state index in [1.54, 1.807) is 0 Å². The predicted octanol–water partition coefficient (Wildman–Crippen LogP) is 2.43. The van der Waals surface area contributed by atoms with Gasteiger partial charge in [-0.3, -0.25) is 0 Å². The van der Waals surface area contributed by atoms with Crippen LogP contribution in [0.25, 0.3) is 0 Å². The van der Waals surface area contributed by atoms with Crippen LogP contribution in [0.2, 0.25) is 0 Å². The van der Waals surface area contributed by atoms with Gasteiger partial charge in [0.1, 0.15) is 0 Å². The molecule has 0 unspecified atom stereocenters. The fourth-order valence-corrected chi connectivity index (χ4v) is 11.1. The molecule has 3 rings (SSSR count). The van der Waals surface area contributed by atoms with Crippen LogP contribution >= 0.6 is 0 Å². The zero-order valence-corrected chi connectivity index (χ0v) is 15.9. The van der Waals surface area contributed by atoms with Crippen molar-refractivity contribution in [1.29, 1.82) is 0 Å². The van der Waals surface area contributed by atoms with Crippen molar-refractivity contribution in [2.45, 2.75) is 0 Å². The topological polar surface area (TPSA) is 57.5 Å². The second-order valence-corrected chi connectivity index (χ2v) is 13.3. The normalized spacial score (nSPS) is 9.78. The van der Waals surface area contributed by atoms with Gasteiger partial charge >= 0.3 is 129 Å². The molecule has 116 valence electrons. The Morgan fingerprint density at radius 2 is 0.783 bits per heavy atom. The van der Waals surface area contributed by atoms with Crippen LogP contribution in [0.1, 0.15) is 0 Å². The van der Waals surface area contributed by atoms with Crippen molar-refractivity contribution in [3.63, 3.8) is 0 Å². The number of benzene rings is 3. The van der Waals surface area contributed by atoms with Crippen molar-refractivity contribution in [3.8, 4) is 0 Å². The predicted molar refractivity (Wildman–Crippen MR) is 94.6 cm³/mol. The Balaban J connectivity index is 0.000000433. The average molecular weight is 502 g/mol. The summed E-state index contributed by atoms with van der Waals surface area (Å²) in [5.74, 6) is 0. The second kappa shape index (κ2) is 9.07. The molecule has 0 saturated carbocycles. The van der Waals surface area contributed by atoms with Crippen LogP contribution in [-0.4, -0.2) is 38.1 Å². The first kappa shape index (κ1) is 17.2. The second-order valence-electron chi connectivity index (χ2n) is 4.62. The van der Waals surface area contributed by atoms with Gasteiger partial charge in [0, 0.05) is 0 Å². The molecule has 0 aliphatic rings. The molecule has 0 aliphatic carbocycles. The van der Waals surface area contributed by atoms with E-state index in [-0.39, 0.29) is 0 Å². The molecule has 3 nitrogen and oxygen atoms in total. The number of hydrogen-bond donors (Lipinski definition) is 2. The Morgan fingerprint density at radius 1 is 0.565 bits per heavy atom. The van der Waals surface area contributed by atoms with Crippen LogP contribution in [0.4, 0.5) is 4.79 Å². The van der Waals surface area contributed by atoms with Crippen LogP contribution in [0.3, 0.4) is 0 Å². The Morgan fingerprint density at radius 3 is 1.00 bits per heavy atom. The maximum absolute atomic E-state index is 8.56. The van der Waals surface area contributed by atoms with E-state index in [1.807, 2.05) is 0 Å². The van der Waals surface area contributed by atoms with E-state index in [4.69, 9.17) is 15.0 Å². The summed E-state index contributed by atoms with van der Waals surface area (Å²) < 4.78 is 4.61. The van der Waals surface area contributed by atoms with Gasteiger partial charge < -0.3 is 10.2 Å². The molecule has 0 saturated heterocycles. The average Bonchev–Trinajstić information content (AvgIpc) is 2.58. The van der Waals surface area contributed by atoms with E-state index in [9.17, 15) is 0 Å². The third-order valence-electron chi connectivity index (χ3n) is 3.04. The minimum atomic E-state index is -2.06. The van der Waals surface area contributed by atoms with Crippen molar-refractivity contribution in [3.05, 3.63) is 91.0 Å². The quantitative estimate of drug-likeness (QED) is 0.542. The van der Waals surface area contributed by atoms with Crippen LogP contribution < -0.4 is 9.81 Å². The number of carbonyl (C=O) groups is 1. The van der Waals surface area contributed by atoms with Gasteiger partial charge in [-0.15, -0.1) is 0 Å². The molecule has 0 aromatic heterocycles. The summed E-state index contributed by atoms with van der Waals surface area (Å²) >= 11 is -2.06. The third kappa shape index (κ3) is 5.50. The summed E-state index contributed by atoms with van der Waals surface area (Å²) in [6.45, 7) is 0. The Bertz CT molecular complexity index is 617. The SMILES string of the molecule is O=C(O)O.c1cc[c]([Bi]([c]2ccccc2)[c]2ccccc2)cc1. The molecule has 3 aromatic rings. The summed E-state index contributed by atoms with van der Waals surface area (Å²) in [5, 5.41) is 13.9. The number of hydrogen-bond acceptors (Lipinski definition) is 1. The molecule has 0 amide bonds. The van der Waals surface area contributed by atoms with E-state index >= 15 is 0 Å². The minimum absolute atomic E-state index is 1.54. The van der Waals surface area contributed by atoms with E-state index < -0.39 is 27.9 Å². The molecular formula is C19H17BiO3. The summed E-state index contributed by atoms with van der Waals surface area (Å²) in [5.41, 5.74) is 0. The van der Waals surface area contributed by atoms with Gasteiger partial charge in [0.05, 0.1) is 0 Å². The molecule has 4 heteroatoms. The molecule has 23 heavy (non-hydrogen) atoms. The molecule has 0 radical (unpaired) electrons. The fraction of sp³-hybridized carbons (Fsp3) is 0. The molecule has 0 bridgehead atoms. The first-order valence-electron chi connectivity index (χ1n) is 7.05. The summed E-state index contributed by atoms with van der Waals surface area (Å²) in [6, 6.07) is 33.0. The maximum atomic E-state index is 8.56. The van der Waals surface area contributed by atoms with E-state index in [2.05, 4.69) is 91.0 Å². The Labute approximate surface area is 143 Å². The van der Waals surface area contributed by atoms with Gasteiger partial charge in [-0.2, -0.15) is 0 Å². The van der Waals surface area contributed by atoms with Crippen molar-refractivity contribution >= 4 is 37.7 Å². The molecular weight excluding hydrogens is 485 g/mol. The van der Waals surface area contributed by atoms with Gasteiger partial charge in [0.25, 0.3) is 0 Å². The summed E-state index contributed by atoms with van der Waals surface area (Å²) in [6.07, 6.45) is -1.83. The number of rotatable bonds is 3. The van der Waals surface area contributed by atoms with Crippen molar-refractivity contribution in [1.82, 2.24) is 0 Å². The first-order valence-corrected chi connectivity index (χ1v) is 12.3. The van der Waals surface area contributed by atoms with E-state index in [0.29, 0.717) is 0 Å². The molecule has 0 aliphatic heterocycles. The van der Waals surface area contributed by atoms with Crippen molar-refractivity contribution < 1.29 is 15.0 Å². The zero-order chi connectivity index (χ0) is 16.5. The first-order chi connectivity index (χ1) is 11.2. The monoisotopic (exact) mass is 502 g/mol. The van der Waals surface area contributed by atoms with Gasteiger partial charge in [-0.25, -0.2) is 4.79 Å². The van der Waals surface area contributed by atoms with Crippen molar-refractivity contribution in [2.75, 3.05) is 0 Å². The van der Waals surface area contributed by atoms with Crippen LogP contribution in [0, 0.1) is 0 Å². The van der Waals surface area contributed by atoms with Gasteiger partial charge in [-0.1, -0.05) is 0 Å². The summed E-state index contributed by atoms with van der Waals surface area (Å²) in [4.78, 5) is 8.56. The Kier molecular flexibility index (Phi) is 6.77. The van der Waals surface area contributed by atoms with Gasteiger partial charge in [0.15, 0.2) is 0 Å². The fourth-order valence-electron chi connectivity index (χ4n) is 2.18. The van der Waals surface area contributed by atoms with Crippen LogP contribution in [0.15, 0.2) is 91.0 Å². The van der Waals surface area contributed by atoms with Gasteiger partial charge in [0.2, 0.25) is 0 Å². The number of carboxylic acid groups (broad SMARTS) is 2. The van der Waals surface area contributed by atoms with E-state index in [0.717, 1.165) is 0 Å². The standard InChI is InChI=1S/3C6H5.CH2O3.Bi/c3*1-2-4-6-5-3-1;2-1(3)4;/h3*1-5H;(H2,2,3,4);. The zero-order valence-electron chi connectivity index (χ0n) is 12.4. The molecule has 0 fully saturated rings. The molecule has 0 spiro atoms. The molecule has 2 N–H and O–H groups in total. The third-order valence-corrected chi connectivity index (χ3v) is 12.5. The van der Waals surface area contributed by atoms with Gasteiger partial charge in [-0.05, 0) is 0 Å². The molecule has 0 heterocycles. The van der Waals surface area contributed by atoms with E-state index in [1.165, 1.54) is 9.81 Å².